The van der Waals surface area contributed by atoms with Crippen LogP contribution in [0.4, 0.5) is 0 Å². The average molecular weight is 242 g/mol. The van der Waals surface area contributed by atoms with Gasteiger partial charge < -0.3 is 5.11 Å². The van der Waals surface area contributed by atoms with Crippen LogP contribution in [0.3, 0.4) is 0 Å². The summed E-state index contributed by atoms with van der Waals surface area (Å²) >= 11 is 3.98. The second-order valence-corrected chi connectivity index (χ2v) is 4.60. The molecule has 1 unspecified atom stereocenters. The van der Waals surface area contributed by atoms with Gasteiger partial charge in [0.2, 0.25) is 0 Å². The van der Waals surface area contributed by atoms with E-state index in [4.69, 9.17) is 5.11 Å². The van der Waals surface area contributed by atoms with Crippen molar-refractivity contribution in [1.82, 2.24) is 4.90 Å². The predicted molar refractivity (Wildman–Crippen MR) is 72.3 cm³/mol. The van der Waals surface area contributed by atoms with E-state index in [1.165, 1.54) is 0 Å². The molecule has 0 aromatic rings. The van der Waals surface area contributed by atoms with Gasteiger partial charge in [0, 0.05) is 12.3 Å². The lowest BCUT2D eigenvalue weighted by Crippen LogP contribution is -2.41. The number of piperidine rings is 1. The zero-order valence-electron chi connectivity index (χ0n) is 9.92. The first-order valence-electron chi connectivity index (χ1n) is 5.92. The molecule has 1 heterocycles. The third kappa shape index (κ3) is 4.68. The maximum Gasteiger partial charge on any atom is 0.0584 e. The van der Waals surface area contributed by atoms with Gasteiger partial charge in [0.1, 0.15) is 0 Å². The number of hydrogen-bond acceptors (Lipinski definition) is 4. The molecule has 3 nitrogen and oxygen atoms in total. The van der Waals surface area contributed by atoms with Crippen LogP contribution in [0, 0.1) is 5.92 Å². The Labute approximate surface area is 104 Å². The first kappa shape index (κ1) is 13.7. The van der Waals surface area contributed by atoms with Crippen molar-refractivity contribution >= 4 is 18.8 Å². The van der Waals surface area contributed by atoms with Crippen LogP contribution in [0.25, 0.3) is 0 Å². The Hall–Kier alpha value is -0.320. The highest BCUT2D eigenvalue weighted by Gasteiger charge is 2.20. The van der Waals surface area contributed by atoms with Crippen LogP contribution in [-0.4, -0.2) is 48.5 Å². The molecule has 1 N–H and O–H groups in total. The fourth-order valence-electron chi connectivity index (χ4n) is 1.94. The summed E-state index contributed by atoms with van der Waals surface area (Å²) in [6.45, 7) is 5.20. The van der Waals surface area contributed by atoms with E-state index < -0.39 is 0 Å². The molecule has 1 aliphatic heterocycles. The molecule has 1 aliphatic rings. The molecule has 1 rings (SSSR count). The molecule has 0 amide bonds. The number of aliphatic hydroxyl groups excluding tert-OH is 1. The van der Waals surface area contributed by atoms with Crippen molar-refractivity contribution in [2.24, 2.45) is 10.9 Å². The highest BCUT2D eigenvalue weighted by atomic mass is 32.1. The van der Waals surface area contributed by atoms with Crippen LogP contribution in [0.5, 0.6) is 0 Å². The summed E-state index contributed by atoms with van der Waals surface area (Å²) in [6.07, 6.45) is 6.31. The quantitative estimate of drug-likeness (QED) is 0.567. The van der Waals surface area contributed by atoms with Gasteiger partial charge in [0.05, 0.1) is 13.2 Å². The van der Waals surface area contributed by atoms with E-state index in [0.717, 1.165) is 32.5 Å². The van der Waals surface area contributed by atoms with Gasteiger partial charge in [-0.25, -0.2) is 0 Å². The van der Waals surface area contributed by atoms with Crippen LogP contribution in [-0.2, 0) is 0 Å². The zero-order chi connectivity index (χ0) is 11.8. The molecule has 0 bridgehead atoms. The molecule has 0 aliphatic carbocycles. The summed E-state index contributed by atoms with van der Waals surface area (Å²) in [5, 5.41) is 10.8. The lowest BCUT2D eigenvalue weighted by molar-refractivity contribution is 0.108. The monoisotopic (exact) mass is 242 g/mol. The van der Waals surface area contributed by atoms with Crippen LogP contribution in [0.15, 0.2) is 16.5 Å². The number of aliphatic hydroxyl groups is 1. The third-order valence-electron chi connectivity index (χ3n) is 3.09. The highest BCUT2D eigenvalue weighted by molar-refractivity contribution is 7.83. The average Bonchev–Trinajstić information content (AvgIpc) is 2.34. The van der Waals surface area contributed by atoms with Crippen molar-refractivity contribution in [3.63, 3.8) is 0 Å². The Balaban J connectivity index is 2.24. The molecule has 1 saturated heterocycles. The van der Waals surface area contributed by atoms with E-state index in [1.54, 1.807) is 5.41 Å². The van der Waals surface area contributed by atoms with Crippen LogP contribution in [0.1, 0.15) is 19.8 Å². The lowest BCUT2D eigenvalue weighted by atomic mass is 9.97. The number of aliphatic imine (C=N–C) groups is 1. The summed E-state index contributed by atoms with van der Waals surface area (Å²) in [7, 11) is 0. The Kier molecular flexibility index (Phi) is 6.76. The van der Waals surface area contributed by atoms with Crippen molar-refractivity contribution in [1.29, 1.82) is 0 Å². The van der Waals surface area contributed by atoms with Gasteiger partial charge in [-0.2, -0.15) is 12.6 Å². The van der Waals surface area contributed by atoms with Crippen LogP contribution < -0.4 is 0 Å². The maximum atomic E-state index is 9.07. The van der Waals surface area contributed by atoms with Crippen LogP contribution in [0.2, 0.25) is 0 Å². The normalized spacial score (nSPS) is 22.2. The van der Waals surface area contributed by atoms with Crippen molar-refractivity contribution < 1.29 is 5.11 Å². The van der Waals surface area contributed by atoms with E-state index in [2.05, 4.69) is 35.7 Å². The molecular formula is C12H22N2OS. The van der Waals surface area contributed by atoms with E-state index >= 15 is 0 Å². The number of rotatable bonds is 5. The predicted octanol–water partition coefficient (Wildman–Crippen LogP) is 1.59. The molecule has 1 atom stereocenters. The van der Waals surface area contributed by atoms with Crippen molar-refractivity contribution in [3.05, 3.63) is 11.5 Å². The minimum absolute atomic E-state index is 0.255. The summed E-state index contributed by atoms with van der Waals surface area (Å²) < 4.78 is 0. The van der Waals surface area contributed by atoms with Gasteiger partial charge in [-0.05, 0) is 44.2 Å². The molecular weight excluding hydrogens is 220 g/mol. The first-order valence-corrected chi connectivity index (χ1v) is 6.43. The summed E-state index contributed by atoms with van der Waals surface area (Å²) in [5.74, 6) is 0.607. The number of likely N-dealkylation sites (tertiary alicyclic amines) is 1. The summed E-state index contributed by atoms with van der Waals surface area (Å²) in [5.41, 5.74) is 0. The van der Waals surface area contributed by atoms with E-state index in [9.17, 15) is 0 Å². The second-order valence-electron chi connectivity index (χ2n) is 4.30. The molecule has 0 aromatic carbocycles. The second kappa shape index (κ2) is 7.87. The Morgan fingerprint density at radius 2 is 2.19 bits per heavy atom. The van der Waals surface area contributed by atoms with Crippen molar-refractivity contribution in [2.75, 3.05) is 26.2 Å². The molecule has 16 heavy (non-hydrogen) atoms. The summed E-state index contributed by atoms with van der Waals surface area (Å²) in [4.78, 5) is 6.69. The molecule has 1 fully saturated rings. The largest absolute Gasteiger partial charge is 0.395 e. The Morgan fingerprint density at radius 1 is 1.50 bits per heavy atom. The van der Waals surface area contributed by atoms with E-state index in [0.29, 0.717) is 12.0 Å². The van der Waals surface area contributed by atoms with Gasteiger partial charge in [0.15, 0.2) is 0 Å². The number of thiol groups is 1. The molecule has 0 aromatic heterocycles. The molecule has 0 spiro atoms. The van der Waals surface area contributed by atoms with Gasteiger partial charge in [0.25, 0.3) is 0 Å². The fraction of sp³-hybridized carbons (Fsp3) is 0.750. The van der Waals surface area contributed by atoms with E-state index in [1.807, 2.05) is 6.08 Å². The molecule has 4 heteroatoms. The fourth-order valence-corrected chi connectivity index (χ4v) is 2.04. The van der Waals surface area contributed by atoms with Gasteiger partial charge in [-0.1, -0.05) is 6.08 Å². The van der Waals surface area contributed by atoms with Gasteiger partial charge in [-0.15, -0.1) is 0 Å². The summed E-state index contributed by atoms with van der Waals surface area (Å²) in [6, 6.07) is 0.296. The van der Waals surface area contributed by atoms with Gasteiger partial charge >= 0.3 is 0 Å². The maximum absolute atomic E-state index is 9.07. The molecule has 92 valence electrons. The minimum atomic E-state index is 0.255. The van der Waals surface area contributed by atoms with Gasteiger partial charge in [-0.3, -0.25) is 9.89 Å². The molecule has 0 saturated carbocycles. The third-order valence-corrected chi connectivity index (χ3v) is 3.31. The minimum Gasteiger partial charge on any atom is -0.395 e. The SMILES string of the molecule is CC(CO)N1CCC(C=NC/C=C\S)CC1. The Bertz CT molecular complexity index is 235. The highest BCUT2D eigenvalue weighted by Crippen LogP contribution is 2.17. The zero-order valence-corrected chi connectivity index (χ0v) is 10.8. The standard InChI is InChI=1S/C12H22N2OS/c1-11(10-15)14-6-3-12(4-7-14)9-13-5-2-8-16/h2,8-9,11-12,15-16H,3-7,10H2,1H3/b8-2-,13-9?. The topological polar surface area (TPSA) is 35.8 Å². The van der Waals surface area contributed by atoms with Crippen LogP contribution >= 0.6 is 12.6 Å². The first-order chi connectivity index (χ1) is 7.77. The smallest absolute Gasteiger partial charge is 0.0584 e. The molecule has 0 radical (unpaired) electrons. The van der Waals surface area contributed by atoms with Crippen molar-refractivity contribution in [2.45, 2.75) is 25.8 Å². The Morgan fingerprint density at radius 3 is 2.75 bits per heavy atom. The number of nitrogens with zero attached hydrogens (tertiary/aromatic N) is 2. The number of hydrogen-bond donors (Lipinski definition) is 2. The lowest BCUT2D eigenvalue weighted by Gasteiger charge is -2.34. The van der Waals surface area contributed by atoms with Crippen molar-refractivity contribution in [3.8, 4) is 0 Å². The van der Waals surface area contributed by atoms with E-state index in [-0.39, 0.29) is 6.61 Å².